The van der Waals surface area contributed by atoms with Crippen molar-refractivity contribution in [3.05, 3.63) is 52.5 Å². The second kappa shape index (κ2) is 9.32. The van der Waals surface area contributed by atoms with Crippen molar-refractivity contribution in [2.45, 2.75) is 44.9 Å². The zero-order chi connectivity index (χ0) is 22.0. The Balaban J connectivity index is 1.65. The molecule has 7 nitrogen and oxygen atoms in total. The second-order valence-electron chi connectivity index (χ2n) is 8.85. The van der Waals surface area contributed by atoms with E-state index in [2.05, 4.69) is 16.8 Å². The third-order valence-electron chi connectivity index (χ3n) is 6.24. The van der Waals surface area contributed by atoms with Crippen LogP contribution in [0.1, 0.15) is 58.3 Å². The van der Waals surface area contributed by atoms with E-state index in [1.54, 1.807) is 7.11 Å². The number of carbonyl (C=O) groups is 1. The first-order valence-corrected chi connectivity index (χ1v) is 11.1. The van der Waals surface area contributed by atoms with Crippen molar-refractivity contribution in [3.8, 4) is 0 Å². The zero-order valence-electron chi connectivity index (χ0n) is 19.1. The second-order valence-corrected chi connectivity index (χ2v) is 8.85. The summed E-state index contributed by atoms with van der Waals surface area (Å²) >= 11 is 0. The highest BCUT2D eigenvalue weighted by atomic mass is 16.5. The van der Waals surface area contributed by atoms with Gasteiger partial charge in [-0.05, 0) is 44.0 Å². The van der Waals surface area contributed by atoms with Gasteiger partial charge in [0.15, 0.2) is 5.82 Å². The van der Waals surface area contributed by atoms with E-state index in [-0.39, 0.29) is 11.9 Å². The molecule has 31 heavy (non-hydrogen) atoms. The molecule has 1 amide bonds. The minimum Gasteiger partial charge on any atom is -0.380 e. The quantitative estimate of drug-likeness (QED) is 0.737. The van der Waals surface area contributed by atoms with Crippen LogP contribution in [-0.2, 0) is 24.3 Å². The molecule has 0 radical (unpaired) electrons. The lowest BCUT2D eigenvalue weighted by molar-refractivity contribution is 0.0599. The molecule has 0 aliphatic carbocycles. The summed E-state index contributed by atoms with van der Waals surface area (Å²) in [5, 5.41) is 0. The van der Waals surface area contributed by atoms with Crippen LogP contribution in [0.15, 0.2) is 24.3 Å². The van der Waals surface area contributed by atoms with E-state index < -0.39 is 0 Å². The Morgan fingerprint density at radius 3 is 2.65 bits per heavy atom. The minimum absolute atomic E-state index is 0.0566. The number of piperidine rings is 1. The Bertz CT molecular complexity index is 928. The van der Waals surface area contributed by atoms with E-state index in [9.17, 15) is 4.79 Å². The van der Waals surface area contributed by atoms with Crippen molar-refractivity contribution >= 4 is 11.7 Å². The van der Waals surface area contributed by atoms with Gasteiger partial charge in [0.25, 0.3) is 5.91 Å². The van der Waals surface area contributed by atoms with Gasteiger partial charge >= 0.3 is 0 Å². The summed E-state index contributed by atoms with van der Waals surface area (Å²) in [6, 6.07) is 7.65. The summed E-state index contributed by atoms with van der Waals surface area (Å²) in [4.78, 5) is 29.8. The van der Waals surface area contributed by atoms with Crippen LogP contribution in [0.25, 0.3) is 0 Å². The monoisotopic (exact) mass is 423 g/mol. The Morgan fingerprint density at radius 1 is 1.16 bits per heavy atom. The number of likely N-dealkylation sites (N-methyl/N-ethyl adjacent to an activating group) is 1. The molecular weight excluding hydrogens is 390 g/mol. The molecule has 7 heteroatoms. The summed E-state index contributed by atoms with van der Waals surface area (Å²) in [5.74, 6) is 1.82. The fourth-order valence-electron chi connectivity index (χ4n) is 4.59. The molecule has 0 bridgehead atoms. The Morgan fingerprint density at radius 2 is 1.94 bits per heavy atom. The molecule has 0 spiro atoms. The summed E-state index contributed by atoms with van der Waals surface area (Å²) in [6.45, 7) is 3.15. The predicted molar refractivity (Wildman–Crippen MR) is 121 cm³/mol. The van der Waals surface area contributed by atoms with Crippen LogP contribution in [-0.4, -0.2) is 67.0 Å². The van der Waals surface area contributed by atoms with E-state index in [1.165, 1.54) is 5.56 Å². The van der Waals surface area contributed by atoms with Gasteiger partial charge in [0.05, 0.1) is 18.3 Å². The predicted octanol–water partition coefficient (Wildman–Crippen LogP) is 3.04. The normalized spacial score (nSPS) is 19.2. The topological polar surface area (TPSA) is 61.8 Å². The summed E-state index contributed by atoms with van der Waals surface area (Å²) in [7, 11) is 7.88. The molecular formula is C24H33N5O2. The van der Waals surface area contributed by atoms with E-state index in [0.717, 1.165) is 68.2 Å². The highest BCUT2D eigenvalue weighted by molar-refractivity contribution is 5.94. The van der Waals surface area contributed by atoms with Gasteiger partial charge in [-0.15, -0.1) is 0 Å². The first kappa shape index (κ1) is 21.7. The third kappa shape index (κ3) is 4.57. The highest BCUT2D eigenvalue weighted by Gasteiger charge is 2.32. The number of methoxy groups -OCH3 is 1. The van der Waals surface area contributed by atoms with Crippen molar-refractivity contribution in [3.63, 3.8) is 0 Å². The zero-order valence-corrected chi connectivity index (χ0v) is 19.1. The molecule has 0 unspecified atom stereocenters. The number of aromatic nitrogens is 2. The summed E-state index contributed by atoms with van der Waals surface area (Å²) in [6.07, 6.45) is 3.92. The first-order valence-electron chi connectivity index (χ1n) is 11.1. The van der Waals surface area contributed by atoms with Gasteiger partial charge in [-0.25, -0.2) is 9.97 Å². The van der Waals surface area contributed by atoms with Crippen LogP contribution in [0.4, 0.5) is 5.82 Å². The fraction of sp³-hybridized carbons (Fsp3) is 0.542. The van der Waals surface area contributed by atoms with Crippen molar-refractivity contribution in [2.24, 2.45) is 0 Å². The molecule has 1 fully saturated rings. The molecule has 2 aromatic rings. The van der Waals surface area contributed by atoms with Crippen LogP contribution < -0.4 is 4.90 Å². The first-order chi connectivity index (χ1) is 15.0. The average molecular weight is 424 g/mol. The molecule has 1 aromatic heterocycles. The van der Waals surface area contributed by atoms with Gasteiger partial charge < -0.3 is 19.4 Å². The Labute approximate surface area is 185 Å². The number of fused-ring (bicyclic) bond motifs is 1. The number of hydrogen-bond donors (Lipinski definition) is 0. The van der Waals surface area contributed by atoms with Gasteiger partial charge in [-0.3, -0.25) is 4.79 Å². The number of amides is 1. The van der Waals surface area contributed by atoms with E-state index in [1.807, 2.05) is 43.3 Å². The molecule has 4 rings (SSSR count). The summed E-state index contributed by atoms with van der Waals surface area (Å²) in [5.41, 5.74) is 4.12. The maximum atomic E-state index is 13.4. The van der Waals surface area contributed by atoms with Gasteiger partial charge in [0, 0.05) is 58.4 Å². The SMILES string of the molecule is COCc1ccc(C(=O)N2CCCC[C@@H]2c2nc3c(c(N(C)C)n2)CN(C)CC3)cc1. The number of ether oxygens (including phenoxy) is 1. The lowest BCUT2D eigenvalue weighted by atomic mass is 9.98. The highest BCUT2D eigenvalue weighted by Crippen LogP contribution is 2.33. The van der Waals surface area contributed by atoms with Crippen molar-refractivity contribution in [1.29, 1.82) is 0 Å². The molecule has 1 saturated heterocycles. The smallest absolute Gasteiger partial charge is 0.254 e. The largest absolute Gasteiger partial charge is 0.380 e. The average Bonchev–Trinajstić information content (AvgIpc) is 2.78. The molecule has 3 heterocycles. The Hall–Kier alpha value is -2.51. The van der Waals surface area contributed by atoms with Crippen molar-refractivity contribution < 1.29 is 9.53 Å². The molecule has 2 aliphatic rings. The third-order valence-corrected chi connectivity index (χ3v) is 6.24. The molecule has 1 aromatic carbocycles. The van der Waals surface area contributed by atoms with Crippen LogP contribution in [0.2, 0.25) is 0 Å². The molecule has 166 valence electrons. The number of likely N-dealkylation sites (tertiary alicyclic amines) is 1. The molecule has 0 N–H and O–H groups in total. The number of nitrogens with zero attached hydrogens (tertiary/aromatic N) is 5. The van der Waals surface area contributed by atoms with Gasteiger partial charge in [0.2, 0.25) is 0 Å². The van der Waals surface area contributed by atoms with Gasteiger partial charge in [0.1, 0.15) is 5.82 Å². The summed E-state index contributed by atoms with van der Waals surface area (Å²) < 4.78 is 5.18. The molecule has 1 atom stereocenters. The number of anilines is 1. The minimum atomic E-state index is -0.0800. The van der Waals surface area contributed by atoms with Crippen LogP contribution in [0.5, 0.6) is 0 Å². The maximum Gasteiger partial charge on any atom is 0.254 e. The van der Waals surface area contributed by atoms with E-state index in [0.29, 0.717) is 12.2 Å². The number of carbonyl (C=O) groups excluding carboxylic acids is 1. The van der Waals surface area contributed by atoms with E-state index in [4.69, 9.17) is 14.7 Å². The van der Waals surface area contributed by atoms with Crippen LogP contribution in [0, 0.1) is 0 Å². The standard InChI is InChI=1S/C24H33N5O2/c1-27(2)23-19-15-28(3)14-12-20(19)25-22(26-23)21-7-5-6-13-29(21)24(30)18-10-8-17(9-11-18)16-31-4/h8-11,21H,5-7,12-16H2,1-4H3/t21-/m1/s1. The van der Waals surface area contributed by atoms with Gasteiger partial charge in [-0.2, -0.15) is 0 Å². The maximum absolute atomic E-state index is 13.4. The Kier molecular flexibility index (Phi) is 6.53. The number of benzene rings is 1. The van der Waals surface area contributed by atoms with Crippen LogP contribution >= 0.6 is 0 Å². The van der Waals surface area contributed by atoms with E-state index >= 15 is 0 Å². The molecule has 0 saturated carbocycles. The van der Waals surface area contributed by atoms with Crippen molar-refractivity contribution in [1.82, 2.24) is 19.8 Å². The van der Waals surface area contributed by atoms with Crippen molar-refractivity contribution in [2.75, 3.05) is 46.2 Å². The number of rotatable bonds is 5. The fourth-order valence-corrected chi connectivity index (χ4v) is 4.59. The van der Waals surface area contributed by atoms with Gasteiger partial charge in [-0.1, -0.05) is 12.1 Å². The van der Waals surface area contributed by atoms with Crippen LogP contribution in [0.3, 0.4) is 0 Å². The number of hydrogen-bond acceptors (Lipinski definition) is 6. The lowest BCUT2D eigenvalue weighted by Gasteiger charge is -2.36. The molecule has 2 aliphatic heterocycles. The lowest BCUT2D eigenvalue weighted by Crippen LogP contribution is -2.40.